The average molecular weight is 471 g/mol. The Kier molecular flexibility index (Phi) is 4.79. The van der Waals surface area contributed by atoms with Gasteiger partial charge in [-0.2, -0.15) is 0 Å². The minimum Gasteiger partial charge on any atom is -0.481 e. The predicted molar refractivity (Wildman–Crippen MR) is 135 cm³/mol. The molecule has 6 saturated carbocycles. The molecular weight excluding hydrogens is 420 g/mol. The zero-order valence-electron chi connectivity index (χ0n) is 22.8. The lowest BCUT2D eigenvalue weighted by Gasteiger charge is -2.72. The maximum absolute atomic E-state index is 12.9. The number of rotatable bonds is 2. The van der Waals surface area contributed by atoms with Gasteiger partial charge in [0, 0.05) is 0 Å². The van der Waals surface area contributed by atoms with E-state index in [1.165, 1.54) is 38.5 Å². The maximum atomic E-state index is 12.9. The van der Waals surface area contributed by atoms with Gasteiger partial charge in [-0.15, -0.1) is 0 Å². The molecule has 0 radical (unpaired) electrons. The second kappa shape index (κ2) is 6.84. The molecule has 0 amide bonds. The molecule has 0 aliphatic heterocycles. The molecule has 6 aliphatic rings. The van der Waals surface area contributed by atoms with E-state index in [4.69, 9.17) is 0 Å². The quantitative estimate of drug-likeness (QED) is 0.445. The molecule has 6 rings (SSSR count). The predicted octanol–water partition coefficient (Wildman–Crippen LogP) is 7.31. The SMILES string of the molecule is CC1([C@@H]2CC[C@]3(C(=O)O)CC[C@]4(C)[C@H](CC[C@@H]5[C@@]6(C)CC[C@H](O)C(C)(C)[C@@H]6CC[C@]54C)[C@@H]23)CC1. The first-order valence-corrected chi connectivity index (χ1v) is 14.7. The van der Waals surface area contributed by atoms with Gasteiger partial charge in [0.05, 0.1) is 11.5 Å². The highest BCUT2D eigenvalue weighted by Gasteiger charge is 2.73. The first-order chi connectivity index (χ1) is 15.8. The summed E-state index contributed by atoms with van der Waals surface area (Å²) in [5, 5.41) is 21.6. The van der Waals surface area contributed by atoms with Crippen LogP contribution in [0.25, 0.3) is 0 Å². The van der Waals surface area contributed by atoms with Crippen LogP contribution in [0, 0.1) is 62.1 Å². The molecule has 0 bridgehead atoms. The topological polar surface area (TPSA) is 57.5 Å². The number of hydrogen-bond donors (Lipinski definition) is 2. The van der Waals surface area contributed by atoms with E-state index >= 15 is 0 Å². The Morgan fingerprint density at radius 2 is 1.38 bits per heavy atom. The number of carbonyl (C=O) groups is 1. The summed E-state index contributed by atoms with van der Waals surface area (Å²) in [6, 6.07) is 0. The summed E-state index contributed by atoms with van der Waals surface area (Å²) in [6.07, 6.45) is 13.6. The highest BCUT2D eigenvalue weighted by atomic mass is 16.4. The van der Waals surface area contributed by atoms with Crippen LogP contribution >= 0.6 is 0 Å². The molecule has 0 saturated heterocycles. The molecule has 2 N–H and O–H groups in total. The zero-order chi connectivity index (χ0) is 24.5. The number of aliphatic hydroxyl groups is 1. The third kappa shape index (κ3) is 2.62. The Hall–Kier alpha value is -0.570. The largest absolute Gasteiger partial charge is 0.481 e. The molecule has 0 aromatic heterocycles. The molecule has 0 heterocycles. The van der Waals surface area contributed by atoms with E-state index in [9.17, 15) is 15.0 Å². The number of carboxylic acids is 1. The van der Waals surface area contributed by atoms with Crippen LogP contribution in [0.5, 0.6) is 0 Å². The Balaban J connectivity index is 1.41. The fourth-order valence-corrected chi connectivity index (χ4v) is 12.3. The van der Waals surface area contributed by atoms with Crippen molar-refractivity contribution in [2.75, 3.05) is 0 Å². The van der Waals surface area contributed by atoms with E-state index in [2.05, 4.69) is 41.5 Å². The van der Waals surface area contributed by atoms with Gasteiger partial charge >= 0.3 is 5.97 Å². The second-order valence-corrected chi connectivity index (χ2v) is 15.8. The highest BCUT2D eigenvalue weighted by Crippen LogP contribution is 2.79. The number of carboxylic acid groups (broad SMARTS) is 1. The van der Waals surface area contributed by atoms with Crippen LogP contribution in [0.3, 0.4) is 0 Å². The van der Waals surface area contributed by atoms with Crippen LogP contribution in [0.1, 0.15) is 119 Å². The molecule has 10 atom stereocenters. The Labute approximate surface area is 207 Å². The summed E-state index contributed by atoms with van der Waals surface area (Å²) in [5.74, 6) is 2.37. The number of aliphatic hydroxyl groups excluding tert-OH is 1. The molecule has 0 unspecified atom stereocenters. The van der Waals surface area contributed by atoms with Crippen LogP contribution in [-0.2, 0) is 4.79 Å². The van der Waals surface area contributed by atoms with Crippen molar-refractivity contribution < 1.29 is 15.0 Å². The van der Waals surface area contributed by atoms with Crippen molar-refractivity contribution in [3.63, 3.8) is 0 Å². The minimum absolute atomic E-state index is 0.00573. The fourth-order valence-electron chi connectivity index (χ4n) is 12.3. The summed E-state index contributed by atoms with van der Waals surface area (Å²) in [6.45, 7) is 15.0. The third-order valence-electron chi connectivity index (χ3n) is 14.8. The second-order valence-electron chi connectivity index (χ2n) is 15.8. The van der Waals surface area contributed by atoms with Crippen molar-refractivity contribution in [3.05, 3.63) is 0 Å². The van der Waals surface area contributed by atoms with Crippen molar-refractivity contribution in [2.45, 2.75) is 125 Å². The number of hydrogen-bond acceptors (Lipinski definition) is 2. The molecule has 6 aliphatic carbocycles. The first-order valence-electron chi connectivity index (χ1n) is 14.7. The molecule has 0 spiro atoms. The summed E-state index contributed by atoms with van der Waals surface area (Å²) in [5.41, 5.74) is 0.757. The van der Waals surface area contributed by atoms with Gasteiger partial charge in [-0.05, 0) is 134 Å². The van der Waals surface area contributed by atoms with E-state index in [-0.39, 0.29) is 22.3 Å². The van der Waals surface area contributed by atoms with Crippen molar-refractivity contribution in [3.8, 4) is 0 Å². The number of fused-ring (bicyclic) bond motifs is 7. The Morgan fingerprint density at radius 3 is 2.03 bits per heavy atom. The van der Waals surface area contributed by atoms with E-state index in [0.717, 1.165) is 38.5 Å². The molecule has 0 aromatic carbocycles. The summed E-state index contributed by atoms with van der Waals surface area (Å²) in [4.78, 5) is 12.9. The normalized spacial score (nSPS) is 57.0. The van der Waals surface area contributed by atoms with Gasteiger partial charge < -0.3 is 10.2 Å². The molecule has 3 heteroatoms. The van der Waals surface area contributed by atoms with Crippen LogP contribution in [0.15, 0.2) is 0 Å². The smallest absolute Gasteiger partial charge is 0.309 e. The molecule has 3 nitrogen and oxygen atoms in total. The first kappa shape index (κ1) is 23.8. The van der Waals surface area contributed by atoms with E-state index in [1.54, 1.807) is 0 Å². The monoisotopic (exact) mass is 470 g/mol. The van der Waals surface area contributed by atoms with E-state index in [1.807, 2.05) is 0 Å². The third-order valence-corrected chi connectivity index (χ3v) is 14.8. The van der Waals surface area contributed by atoms with Gasteiger partial charge in [0.2, 0.25) is 0 Å². The van der Waals surface area contributed by atoms with Gasteiger partial charge in [-0.25, -0.2) is 0 Å². The average Bonchev–Trinajstić information content (AvgIpc) is 3.37. The van der Waals surface area contributed by atoms with Crippen LogP contribution < -0.4 is 0 Å². The highest BCUT2D eigenvalue weighted by molar-refractivity contribution is 5.76. The zero-order valence-corrected chi connectivity index (χ0v) is 22.8. The molecule has 192 valence electrons. The lowest BCUT2D eigenvalue weighted by atomic mass is 9.32. The lowest BCUT2D eigenvalue weighted by Crippen LogP contribution is -2.67. The Bertz CT molecular complexity index is 889. The fraction of sp³-hybridized carbons (Fsp3) is 0.968. The number of aliphatic carboxylic acids is 1. The summed E-state index contributed by atoms with van der Waals surface area (Å²) < 4.78 is 0. The van der Waals surface area contributed by atoms with Crippen LogP contribution in [-0.4, -0.2) is 22.3 Å². The minimum atomic E-state index is -0.475. The van der Waals surface area contributed by atoms with Gasteiger partial charge in [0.15, 0.2) is 0 Å². The molecule has 0 aromatic rings. The van der Waals surface area contributed by atoms with Gasteiger partial charge in [-0.3, -0.25) is 4.79 Å². The van der Waals surface area contributed by atoms with Crippen LogP contribution in [0.4, 0.5) is 0 Å². The van der Waals surface area contributed by atoms with Gasteiger partial charge in [-0.1, -0.05) is 41.5 Å². The summed E-state index contributed by atoms with van der Waals surface area (Å²) >= 11 is 0. The molecular formula is C31H50O3. The van der Waals surface area contributed by atoms with Gasteiger partial charge in [0.1, 0.15) is 0 Å². The van der Waals surface area contributed by atoms with Crippen molar-refractivity contribution in [2.24, 2.45) is 62.1 Å². The van der Waals surface area contributed by atoms with E-state index < -0.39 is 11.4 Å². The van der Waals surface area contributed by atoms with E-state index in [0.29, 0.717) is 40.4 Å². The molecule has 6 fully saturated rings. The lowest BCUT2D eigenvalue weighted by molar-refractivity contribution is -0.250. The standard InChI is InChI=1S/C31H50O3/c1-26(2)21-10-13-30(6)22(28(21,4)12-11-23(26)32)8-7-20-24-19(27(3)15-16-27)9-14-31(24,25(33)34)18-17-29(20,30)5/h19-24,32H,7-18H2,1-6H3,(H,33,34)/t19-,20-,21+,22-,23+,24-,28+,29-,30-,31+/m1/s1. The summed E-state index contributed by atoms with van der Waals surface area (Å²) in [7, 11) is 0. The van der Waals surface area contributed by atoms with Crippen molar-refractivity contribution >= 4 is 5.97 Å². The molecule has 34 heavy (non-hydrogen) atoms. The van der Waals surface area contributed by atoms with Crippen molar-refractivity contribution in [1.29, 1.82) is 0 Å². The van der Waals surface area contributed by atoms with Crippen molar-refractivity contribution in [1.82, 2.24) is 0 Å². The maximum Gasteiger partial charge on any atom is 0.309 e. The Morgan fingerprint density at radius 1 is 0.676 bits per heavy atom. The van der Waals surface area contributed by atoms with Gasteiger partial charge in [0.25, 0.3) is 0 Å². The van der Waals surface area contributed by atoms with Crippen LogP contribution in [0.2, 0.25) is 0 Å².